The number of aromatic nitrogens is 2. The minimum atomic E-state index is -0.365. The van der Waals surface area contributed by atoms with Gasteiger partial charge in [0.05, 0.1) is 10.7 Å². The van der Waals surface area contributed by atoms with Crippen LogP contribution < -0.4 is 21.3 Å². The Labute approximate surface area is 168 Å². The standard InChI is InChI=1S/C20H21ClN6O/c1-3-22-19-23-13(2)12-18(27-19)24-14-8-10-15(11-9-14)25-20(28)26-17-7-5-4-6-16(17)21/h4-12H,3H2,1-2H3,(H2,25,26,28)(H2,22,23,24,27). The number of rotatable bonds is 6. The highest BCUT2D eigenvalue weighted by atomic mass is 35.5. The van der Waals surface area contributed by atoms with E-state index in [0.717, 1.165) is 17.9 Å². The Kier molecular flexibility index (Phi) is 6.29. The van der Waals surface area contributed by atoms with Gasteiger partial charge >= 0.3 is 6.03 Å². The number of halogens is 1. The molecule has 0 radical (unpaired) electrons. The number of carbonyl (C=O) groups is 1. The van der Waals surface area contributed by atoms with Gasteiger partial charge in [0.25, 0.3) is 0 Å². The molecule has 2 aromatic carbocycles. The van der Waals surface area contributed by atoms with Gasteiger partial charge in [-0.25, -0.2) is 9.78 Å². The summed E-state index contributed by atoms with van der Waals surface area (Å²) >= 11 is 6.05. The summed E-state index contributed by atoms with van der Waals surface area (Å²) in [6, 6.07) is 15.9. The van der Waals surface area contributed by atoms with Gasteiger partial charge in [0.1, 0.15) is 5.82 Å². The Bertz CT molecular complexity index is 961. The first kappa shape index (κ1) is 19.4. The summed E-state index contributed by atoms with van der Waals surface area (Å²) < 4.78 is 0. The first-order chi connectivity index (χ1) is 13.5. The summed E-state index contributed by atoms with van der Waals surface area (Å²) in [5, 5.41) is 12.3. The number of nitrogens with one attached hydrogen (secondary N) is 4. The van der Waals surface area contributed by atoms with Crippen molar-refractivity contribution in [1.82, 2.24) is 9.97 Å². The van der Waals surface area contributed by atoms with Gasteiger partial charge in [-0.05, 0) is 50.2 Å². The third-order valence-corrected chi connectivity index (χ3v) is 4.06. The predicted molar refractivity (Wildman–Crippen MR) is 115 cm³/mol. The summed E-state index contributed by atoms with van der Waals surface area (Å²) in [4.78, 5) is 20.9. The molecule has 0 atom stereocenters. The lowest BCUT2D eigenvalue weighted by Crippen LogP contribution is -2.19. The highest BCUT2D eigenvalue weighted by Crippen LogP contribution is 2.22. The maximum absolute atomic E-state index is 12.1. The number of nitrogens with zero attached hydrogens (tertiary/aromatic N) is 2. The highest BCUT2D eigenvalue weighted by molar-refractivity contribution is 6.33. The number of aryl methyl sites for hydroxylation is 1. The van der Waals surface area contributed by atoms with Crippen molar-refractivity contribution in [3.8, 4) is 0 Å². The van der Waals surface area contributed by atoms with Gasteiger partial charge in [0.2, 0.25) is 5.95 Å². The van der Waals surface area contributed by atoms with Crippen molar-refractivity contribution >= 4 is 46.5 Å². The summed E-state index contributed by atoms with van der Waals surface area (Å²) in [6.07, 6.45) is 0. The van der Waals surface area contributed by atoms with Crippen molar-refractivity contribution in [2.45, 2.75) is 13.8 Å². The van der Waals surface area contributed by atoms with E-state index in [1.54, 1.807) is 36.4 Å². The summed E-state index contributed by atoms with van der Waals surface area (Å²) in [6.45, 7) is 4.66. The fraction of sp³-hybridized carbons (Fsp3) is 0.150. The van der Waals surface area contributed by atoms with Gasteiger partial charge in [0, 0.05) is 29.7 Å². The number of para-hydroxylation sites is 1. The molecule has 0 saturated carbocycles. The van der Waals surface area contributed by atoms with Crippen LogP contribution in [-0.4, -0.2) is 22.5 Å². The van der Waals surface area contributed by atoms with E-state index in [-0.39, 0.29) is 6.03 Å². The molecule has 8 heteroatoms. The largest absolute Gasteiger partial charge is 0.354 e. The Morgan fingerprint density at radius 2 is 1.71 bits per heavy atom. The Balaban J connectivity index is 1.62. The Morgan fingerprint density at radius 3 is 2.43 bits per heavy atom. The molecule has 1 heterocycles. The molecular formula is C20H21ClN6O. The number of hydrogen-bond acceptors (Lipinski definition) is 5. The maximum atomic E-state index is 12.1. The van der Waals surface area contributed by atoms with E-state index < -0.39 is 0 Å². The predicted octanol–water partition coefficient (Wildman–Crippen LogP) is 5.26. The molecule has 144 valence electrons. The summed E-state index contributed by atoms with van der Waals surface area (Å²) in [5.74, 6) is 1.28. The molecule has 1 aromatic heterocycles. The molecule has 0 unspecified atom stereocenters. The van der Waals surface area contributed by atoms with Gasteiger partial charge in [0.15, 0.2) is 0 Å². The summed E-state index contributed by atoms with van der Waals surface area (Å²) in [5.41, 5.74) is 2.92. The molecule has 0 aliphatic rings. The molecule has 28 heavy (non-hydrogen) atoms. The molecule has 0 aliphatic carbocycles. The second-order valence-electron chi connectivity index (χ2n) is 6.01. The lowest BCUT2D eigenvalue weighted by Gasteiger charge is -2.11. The molecule has 4 N–H and O–H groups in total. The average Bonchev–Trinajstić information content (AvgIpc) is 2.65. The van der Waals surface area contributed by atoms with Crippen LogP contribution >= 0.6 is 11.6 Å². The molecule has 0 saturated heterocycles. The Hall–Kier alpha value is -3.32. The second-order valence-corrected chi connectivity index (χ2v) is 6.42. The zero-order valence-corrected chi connectivity index (χ0v) is 16.3. The van der Waals surface area contributed by atoms with Crippen molar-refractivity contribution in [2.75, 3.05) is 27.8 Å². The first-order valence-electron chi connectivity index (χ1n) is 8.82. The van der Waals surface area contributed by atoms with E-state index in [4.69, 9.17) is 11.6 Å². The van der Waals surface area contributed by atoms with Crippen LogP contribution in [0, 0.1) is 6.92 Å². The first-order valence-corrected chi connectivity index (χ1v) is 9.20. The Morgan fingerprint density at radius 1 is 1.00 bits per heavy atom. The second kappa shape index (κ2) is 9.05. The number of hydrogen-bond donors (Lipinski definition) is 4. The molecule has 0 aliphatic heterocycles. The van der Waals surface area contributed by atoms with Crippen molar-refractivity contribution in [1.29, 1.82) is 0 Å². The SMILES string of the molecule is CCNc1nc(C)cc(Nc2ccc(NC(=O)Nc3ccccc3Cl)cc2)n1. The third-order valence-electron chi connectivity index (χ3n) is 3.73. The van der Waals surface area contributed by atoms with Crippen LogP contribution in [0.4, 0.5) is 33.6 Å². The zero-order chi connectivity index (χ0) is 19.9. The molecule has 7 nitrogen and oxygen atoms in total. The molecular weight excluding hydrogens is 376 g/mol. The number of amides is 2. The van der Waals surface area contributed by atoms with Crippen LogP contribution in [0.3, 0.4) is 0 Å². The average molecular weight is 397 g/mol. The van der Waals surface area contributed by atoms with Crippen molar-refractivity contribution < 1.29 is 4.79 Å². The van der Waals surface area contributed by atoms with Crippen molar-refractivity contribution in [3.05, 3.63) is 65.3 Å². The monoisotopic (exact) mass is 396 g/mol. The smallest absolute Gasteiger partial charge is 0.323 e. The van der Waals surface area contributed by atoms with Crippen LogP contribution in [0.25, 0.3) is 0 Å². The van der Waals surface area contributed by atoms with Crippen LogP contribution in [0.5, 0.6) is 0 Å². The fourth-order valence-corrected chi connectivity index (χ4v) is 2.68. The molecule has 3 aromatic rings. The van der Waals surface area contributed by atoms with E-state index in [9.17, 15) is 4.79 Å². The molecule has 0 bridgehead atoms. The quantitative estimate of drug-likeness (QED) is 0.456. The number of urea groups is 1. The van der Waals surface area contributed by atoms with E-state index in [2.05, 4.69) is 31.2 Å². The zero-order valence-electron chi connectivity index (χ0n) is 15.6. The molecule has 2 amide bonds. The van der Waals surface area contributed by atoms with Crippen molar-refractivity contribution in [3.63, 3.8) is 0 Å². The molecule has 0 fully saturated rings. The van der Waals surface area contributed by atoms with E-state index in [1.165, 1.54) is 0 Å². The van der Waals surface area contributed by atoms with Crippen LogP contribution in [0.2, 0.25) is 5.02 Å². The third kappa shape index (κ3) is 5.34. The van der Waals surface area contributed by atoms with Crippen LogP contribution in [-0.2, 0) is 0 Å². The van der Waals surface area contributed by atoms with Crippen LogP contribution in [0.15, 0.2) is 54.6 Å². The fourth-order valence-electron chi connectivity index (χ4n) is 2.50. The van der Waals surface area contributed by atoms with Gasteiger partial charge in [-0.15, -0.1) is 0 Å². The number of benzene rings is 2. The lowest BCUT2D eigenvalue weighted by atomic mass is 10.2. The van der Waals surface area contributed by atoms with Gasteiger partial charge in [-0.1, -0.05) is 23.7 Å². The lowest BCUT2D eigenvalue weighted by molar-refractivity contribution is 0.262. The van der Waals surface area contributed by atoms with Gasteiger partial charge in [-0.3, -0.25) is 0 Å². The minimum Gasteiger partial charge on any atom is -0.354 e. The van der Waals surface area contributed by atoms with Crippen LogP contribution in [0.1, 0.15) is 12.6 Å². The molecule has 0 spiro atoms. The number of carbonyl (C=O) groups excluding carboxylic acids is 1. The normalized spacial score (nSPS) is 10.2. The minimum absolute atomic E-state index is 0.365. The highest BCUT2D eigenvalue weighted by Gasteiger charge is 2.06. The number of anilines is 5. The van der Waals surface area contributed by atoms with Gasteiger partial charge in [-0.2, -0.15) is 4.98 Å². The van der Waals surface area contributed by atoms with Crippen molar-refractivity contribution in [2.24, 2.45) is 0 Å². The topological polar surface area (TPSA) is 91.0 Å². The molecule has 3 rings (SSSR count). The van der Waals surface area contributed by atoms with E-state index in [0.29, 0.717) is 28.2 Å². The van der Waals surface area contributed by atoms with E-state index in [1.807, 2.05) is 32.0 Å². The van der Waals surface area contributed by atoms with Gasteiger partial charge < -0.3 is 21.3 Å². The van der Waals surface area contributed by atoms with E-state index >= 15 is 0 Å². The maximum Gasteiger partial charge on any atom is 0.323 e. The summed E-state index contributed by atoms with van der Waals surface area (Å²) in [7, 11) is 0.